The molecule has 3 atom stereocenters. The van der Waals surface area contributed by atoms with Crippen LogP contribution in [0.1, 0.15) is 98.0 Å². The Morgan fingerprint density at radius 2 is 1.72 bits per heavy atom. The van der Waals surface area contributed by atoms with Gasteiger partial charge in [-0.25, -0.2) is 19.7 Å². The number of amides is 4. The minimum atomic E-state index is -0.879. The second-order valence-corrected chi connectivity index (χ2v) is 20.8. The quantitative estimate of drug-likeness (QED) is 0.0443. The fourth-order valence-electron chi connectivity index (χ4n) is 11.3. The first-order valence-corrected chi connectivity index (χ1v) is 26.3. The molecule has 1 unspecified atom stereocenters. The summed E-state index contributed by atoms with van der Waals surface area (Å²) in [5, 5.41) is 2.33. The number of likely N-dealkylation sites (N-methyl/N-ethyl adjacent to an activating group) is 1. The number of piperazine rings is 1. The van der Waals surface area contributed by atoms with Gasteiger partial charge in [-0.1, -0.05) is 55.1 Å². The monoisotopic (exact) mass is 1060 g/mol. The Balaban J connectivity index is 0.807. The molecule has 392 valence electrons. The number of likely N-dealkylation sites (tertiary alicyclic amines) is 2. The van der Waals surface area contributed by atoms with Crippen LogP contribution in [-0.2, 0) is 20.9 Å². The van der Waals surface area contributed by atoms with E-state index in [9.17, 15) is 23.6 Å². The fourth-order valence-corrected chi connectivity index (χ4v) is 11.7. The number of carbonyl (C=O) groups excluding carboxylic acids is 4. The Labute approximate surface area is 438 Å². The molecule has 5 aliphatic heterocycles. The van der Waals surface area contributed by atoms with Crippen molar-refractivity contribution in [2.24, 2.45) is 0 Å². The van der Waals surface area contributed by atoms with Crippen molar-refractivity contribution in [2.75, 3.05) is 77.5 Å². The highest BCUT2D eigenvalue weighted by Gasteiger charge is 2.42. The van der Waals surface area contributed by atoms with E-state index in [0.29, 0.717) is 17.8 Å². The van der Waals surface area contributed by atoms with Crippen molar-refractivity contribution in [2.45, 2.75) is 101 Å². The molecule has 4 aromatic rings. The van der Waals surface area contributed by atoms with Crippen molar-refractivity contribution in [1.82, 2.24) is 34.9 Å². The Bertz CT molecular complexity index is 2880. The van der Waals surface area contributed by atoms with Crippen LogP contribution in [0, 0.1) is 24.0 Å². The van der Waals surface area contributed by atoms with Crippen LogP contribution in [0.15, 0.2) is 48.0 Å². The molecule has 1 N–H and O–H groups in total. The molecule has 0 aliphatic carbocycles. The molecule has 3 aromatic carbocycles. The van der Waals surface area contributed by atoms with Gasteiger partial charge in [-0.2, -0.15) is 9.97 Å². The second-order valence-electron chi connectivity index (χ2n) is 20.0. The maximum Gasteiger partial charge on any atom is 0.319 e. The van der Waals surface area contributed by atoms with Crippen molar-refractivity contribution < 1.29 is 41.8 Å². The molecular weight excluding hydrogens is 999 g/mol. The van der Waals surface area contributed by atoms with Crippen molar-refractivity contribution in [3.63, 3.8) is 0 Å². The summed E-state index contributed by atoms with van der Waals surface area (Å²) < 4.78 is 60.5. The van der Waals surface area contributed by atoms with E-state index >= 15 is 8.78 Å². The van der Waals surface area contributed by atoms with Gasteiger partial charge in [0.15, 0.2) is 5.82 Å². The summed E-state index contributed by atoms with van der Waals surface area (Å²) in [4.78, 5) is 72.9. The Morgan fingerprint density at radius 1 is 0.932 bits per heavy atom. The number of nitrogens with one attached hydrogen (secondary N) is 1. The van der Waals surface area contributed by atoms with Gasteiger partial charge in [-0.05, 0) is 126 Å². The molecule has 1 aromatic heterocycles. The van der Waals surface area contributed by atoms with E-state index in [0.717, 1.165) is 88.7 Å². The van der Waals surface area contributed by atoms with Gasteiger partial charge >= 0.3 is 6.01 Å². The van der Waals surface area contributed by atoms with Crippen LogP contribution >= 0.6 is 23.2 Å². The summed E-state index contributed by atoms with van der Waals surface area (Å²) in [7, 11) is 2.01. The maximum absolute atomic E-state index is 17.3. The number of anilines is 1. The van der Waals surface area contributed by atoms with E-state index in [1.54, 1.807) is 6.07 Å². The number of carbonyl (C=O) groups is 4. The zero-order valence-corrected chi connectivity index (χ0v) is 43.0. The number of halogens is 5. The Kier molecular flexibility index (Phi) is 16.6. The van der Waals surface area contributed by atoms with Gasteiger partial charge < -0.3 is 38.8 Å². The first-order valence-electron chi connectivity index (χ1n) is 25.6. The smallest absolute Gasteiger partial charge is 0.319 e. The van der Waals surface area contributed by atoms with Crippen LogP contribution in [0.2, 0.25) is 5.02 Å². The molecule has 6 heterocycles. The molecule has 0 bridgehead atoms. The molecule has 0 spiro atoms. The summed E-state index contributed by atoms with van der Waals surface area (Å²) in [6, 6.07) is 7.34. The van der Waals surface area contributed by atoms with Gasteiger partial charge in [0.05, 0.1) is 22.2 Å². The third-order valence-corrected chi connectivity index (χ3v) is 15.7. The van der Waals surface area contributed by atoms with Crippen LogP contribution in [0.5, 0.6) is 11.8 Å². The Hall–Kier alpha value is -6.00. The molecule has 0 saturated carbocycles. The number of ether oxygens (including phenoxy) is 2. The van der Waals surface area contributed by atoms with Crippen molar-refractivity contribution in [3.05, 3.63) is 98.6 Å². The van der Waals surface area contributed by atoms with Gasteiger partial charge in [-0.15, -0.1) is 0 Å². The predicted molar refractivity (Wildman–Crippen MR) is 275 cm³/mol. The lowest BCUT2D eigenvalue weighted by molar-refractivity contribution is -0.137. The van der Waals surface area contributed by atoms with Gasteiger partial charge in [0, 0.05) is 55.2 Å². The number of hydrogen-bond acceptors (Lipinski definition) is 11. The largest absolute Gasteiger partial charge is 0.493 e. The van der Waals surface area contributed by atoms with E-state index in [1.165, 1.54) is 40.1 Å². The zero-order chi connectivity index (χ0) is 52.2. The van der Waals surface area contributed by atoms with E-state index < -0.39 is 41.3 Å². The van der Waals surface area contributed by atoms with Crippen molar-refractivity contribution >= 4 is 63.6 Å². The number of unbranched alkanes of at least 4 members (excludes halogenated alkanes) is 4. The van der Waals surface area contributed by atoms with E-state index in [2.05, 4.69) is 31.5 Å². The topological polar surface area (TPSA) is 145 Å². The normalized spacial score (nSPS) is 20.8. The molecule has 20 heteroatoms. The molecular formula is C54H60Cl2F3N9O6. The standard InChI is InChI=1S/C54H60Cl2F3N9O6/c1-32(55)52(71)67-23-22-66(29-36(67)28-60-2)50-39-27-41(56)46(48(59)49(39)62-54(63-50)74-31-35-11-10-18-64(35)3)47-42(58)12-9-13-44(47)73-24-8-6-4-5-7-19-65-20-16-33(17-21-65)37-25-34(57)26-38-40(37)30-68(53(38)72)43-14-15-45(69)61-51(43)70/h9,12-13,25-27,33,35-36,43H,1,4-8,10-11,14-24,28-31H2,3H3,(H,61,69,70)/t35-,36+,43?/m0/s1. The lowest BCUT2D eigenvalue weighted by atomic mass is 9.85. The maximum atomic E-state index is 17.3. The lowest BCUT2D eigenvalue weighted by Gasteiger charge is -2.40. The molecule has 4 saturated heterocycles. The Morgan fingerprint density at radius 3 is 2.46 bits per heavy atom. The molecule has 15 nitrogen and oxygen atoms in total. The number of benzene rings is 3. The van der Waals surface area contributed by atoms with Crippen LogP contribution in [0.3, 0.4) is 0 Å². The van der Waals surface area contributed by atoms with Crippen LogP contribution in [0.25, 0.3) is 26.9 Å². The first kappa shape index (κ1) is 52.8. The number of hydrogen-bond donors (Lipinski definition) is 1. The SMILES string of the molecule is [C-]#[N+]C[C@@H]1CN(c2nc(OC[C@@H]3CCCN3C)nc3c(F)c(-c4c(F)cccc4OCCCCCCCN4CCC(c5cc(F)cc6c5CN(C5CCC(=O)NC5=O)C6=O)CC4)c(Cl)cc23)CCN1C(=O)C(=C)Cl. The highest BCUT2D eigenvalue weighted by molar-refractivity contribution is 6.41. The predicted octanol–water partition coefficient (Wildman–Crippen LogP) is 8.50. The summed E-state index contributed by atoms with van der Waals surface area (Å²) >= 11 is 12.9. The summed E-state index contributed by atoms with van der Waals surface area (Å²) in [6.07, 6.45) is 8.42. The molecule has 4 amide bonds. The fraction of sp³-hybridized carbons (Fsp3) is 0.500. The number of fused-ring (bicyclic) bond motifs is 2. The minimum absolute atomic E-state index is 0.0171. The highest BCUT2D eigenvalue weighted by atomic mass is 35.5. The number of rotatable bonds is 18. The van der Waals surface area contributed by atoms with Crippen LogP contribution < -0.4 is 19.7 Å². The van der Waals surface area contributed by atoms with E-state index in [4.69, 9.17) is 44.2 Å². The molecule has 74 heavy (non-hydrogen) atoms. The average molecular weight is 1060 g/mol. The second kappa shape index (κ2) is 23.3. The number of imide groups is 1. The number of aromatic nitrogens is 2. The van der Waals surface area contributed by atoms with Crippen molar-refractivity contribution in [3.8, 4) is 22.9 Å². The van der Waals surface area contributed by atoms with E-state index in [1.807, 2.05) is 11.9 Å². The van der Waals surface area contributed by atoms with Gasteiger partial charge in [0.2, 0.25) is 18.4 Å². The zero-order valence-electron chi connectivity index (χ0n) is 41.5. The number of piperidine rings is 2. The summed E-state index contributed by atoms with van der Waals surface area (Å²) in [6.45, 7) is 16.0. The van der Waals surface area contributed by atoms with E-state index in [-0.39, 0.29) is 126 Å². The highest BCUT2D eigenvalue weighted by Crippen LogP contribution is 2.44. The first-order chi connectivity index (χ1) is 35.7. The summed E-state index contributed by atoms with van der Waals surface area (Å²) in [5.41, 5.74) is 1.43. The minimum Gasteiger partial charge on any atom is -0.493 e. The van der Waals surface area contributed by atoms with Gasteiger partial charge in [0.25, 0.3) is 11.8 Å². The third-order valence-electron chi connectivity index (χ3n) is 15.3. The van der Waals surface area contributed by atoms with Gasteiger partial charge in [-0.3, -0.25) is 24.5 Å². The lowest BCUT2D eigenvalue weighted by Crippen LogP contribution is -2.56. The average Bonchev–Trinajstić information content (AvgIpc) is 3.95. The van der Waals surface area contributed by atoms with Crippen molar-refractivity contribution in [1.29, 1.82) is 0 Å². The molecule has 4 fully saturated rings. The molecule has 0 radical (unpaired) electrons. The number of nitrogens with zero attached hydrogens (tertiary/aromatic N) is 8. The van der Waals surface area contributed by atoms with Crippen LogP contribution in [-0.4, -0.2) is 144 Å². The summed E-state index contributed by atoms with van der Waals surface area (Å²) in [5.74, 6) is -3.25. The third kappa shape index (κ3) is 11.3. The van der Waals surface area contributed by atoms with Crippen LogP contribution in [0.4, 0.5) is 19.0 Å². The molecule has 5 aliphatic rings. The molecule has 9 rings (SSSR count). The van der Waals surface area contributed by atoms with Gasteiger partial charge in [0.1, 0.15) is 47.4 Å².